The molecule has 0 bridgehead atoms. The molecule has 5 rings (SSSR count). The van der Waals surface area contributed by atoms with Crippen LogP contribution < -0.4 is 20.7 Å². The van der Waals surface area contributed by atoms with Crippen LogP contribution in [0.2, 0.25) is 0 Å². The Kier molecular flexibility index (Phi) is 5.23. The first-order valence-electron chi connectivity index (χ1n) is 10.1. The lowest BCUT2D eigenvalue weighted by atomic mass is 10.0. The molecule has 0 unspecified atom stereocenters. The van der Waals surface area contributed by atoms with E-state index in [1.807, 2.05) is 12.1 Å². The van der Waals surface area contributed by atoms with Gasteiger partial charge in [-0.1, -0.05) is 5.21 Å². The van der Waals surface area contributed by atoms with E-state index in [1.165, 1.54) is 18.2 Å². The van der Waals surface area contributed by atoms with Gasteiger partial charge in [-0.2, -0.15) is 0 Å². The molecule has 1 fully saturated rings. The summed E-state index contributed by atoms with van der Waals surface area (Å²) in [5.41, 5.74) is 7.20. The van der Waals surface area contributed by atoms with Gasteiger partial charge in [-0.25, -0.2) is 23.8 Å². The number of nitrogens with zero attached hydrogens (tertiary/aromatic N) is 5. The van der Waals surface area contributed by atoms with Crippen molar-refractivity contribution in [1.29, 1.82) is 0 Å². The van der Waals surface area contributed by atoms with E-state index in [0.717, 1.165) is 32.0 Å². The molecule has 0 radical (unpaired) electrons. The van der Waals surface area contributed by atoms with E-state index in [-0.39, 0.29) is 23.7 Å². The SMILES string of the molecule is Nc1cc(OCc2c(F)cc(-c3ccc(N4CCNCC4)nc3)cc2F)c2nn[nH]c2n1. The van der Waals surface area contributed by atoms with Crippen LogP contribution >= 0.6 is 0 Å². The number of nitrogens with two attached hydrogens (primary N) is 1. The zero-order chi connectivity index (χ0) is 22.1. The zero-order valence-corrected chi connectivity index (χ0v) is 17.0. The summed E-state index contributed by atoms with van der Waals surface area (Å²) in [7, 11) is 0. The van der Waals surface area contributed by atoms with Crippen LogP contribution in [0.25, 0.3) is 22.3 Å². The molecule has 1 aromatic carbocycles. The number of aromatic amines is 1. The first kappa shape index (κ1) is 20.1. The quantitative estimate of drug-likeness (QED) is 0.434. The summed E-state index contributed by atoms with van der Waals surface area (Å²) in [5.74, 6) is -0.186. The van der Waals surface area contributed by atoms with E-state index in [1.54, 1.807) is 6.20 Å². The number of nitrogen functional groups attached to an aromatic ring is 1. The highest BCUT2D eigenvalue weighted by molar-refractivity contribution is 5.78. The first-order chi connectivity index (χ1) is 15.6. The van der Waals surface area contributed by atoms with Crippen LogP contribution in [0.1, 0.15) is 5.56 Å². The smallest absolute Gasteiger partial charge is 0.181 e. The summed E-state index contributed by atoms with van der Waals surface area (Å²) < 4.78 is 35.1. The van der Waals surface area contributed by atoms with Crippen molar-refractivity contribution >= 4 is 22.8 Å². The van der Waals surface area contributed by atoms with E-state index in [9.17, 15) is 8.78 Å². The van der Waals surface area contributed by atoms with E-state index < -0.39 is 11.6 Å². The van der Waals surface area contributed by atoms with Gasteiger partial charge < -0.3 is 20.7 Å². The zero-order valence-electron chi connectivity index (χ0n) is 17.0. The van der Waals surface area contributed by atoms with Gasteiger partial charge in [-0.3, -0.25) is 0 Å². The lowest BCUT2D eigenvalue weighted by molar-refractivity contribution is 0.295. The number of hydrogen-bond acceptors (Lipinski definition) is 8. The van der Waals surface area contributed by atoms with Gasteiger partial charge in [0, 0.05) is 44.0 Å². The van der Waals surface area contributed by atoms with Gasteiger partial charge in [0.2, 0.25) is 0 Å². The number of fused-ring (bicyclic) bond motifs is 1. The van der Waals surface area contributed by atoms with Crippen LogP contribution in [0, 0.1) is 11.6 Å². The van der Waals surface area contributed by atoms with Gasteiger partial charge in [0.1, 0.15) is 29.9 Å². The van der Waals surface area contributed by atoms with Gasteiger partial charge in [0.25, 0.3) is 0 Å². The molecule has 0 atom stereocenters. The Morgan fingerprint density at radius 2 is 1.84 bits per heavy atom. The molecule has 1 aliphatic rings. The molecule has 3 aromatic heterocycles. The molecule has 11 heteroatoms. The van der Waals surface area contributed by atoms with Crippen LogP contribution in [0.15, 0.2) is 36.5 Å². The number of anilines is 2. The molecule has 4 aromatic rings. The van der Waals surface area contributed by atoms with Crippen molar-refractivity contribution in [1.82, 2.24) is 30.7 Å². The number of piperazine rings is 1. The number of H-pyrrole nitrogens is 1. The topological polar surface area (TPSA) is 118 Å². The molecule has 164 valence electrons. The summed E-state index contributed by atoms with van der Waals surface area (Å²) in [6.07, 6.45) is 1.63. The molecule has 0 spiro atoms. The number of aromatic nitrogens is 5. The van der Waals surface area contributed by atoms with Crippen LogP contribution in [0.4, 0.5) is 20.4 Å². The predicted molar refractivity (Wildman–Crippen MR) is 115 cm³/mol. The Labute approximate surface area is 181 Å². The van der Waals surface area contributed by atoms with Crippen LogP contribution in [-0.4, -0.2) is 51.6 Å². The summed E-state index contributed by atoms with van der Waals surface area (Å²) >= 11 is 0. The van der Waals surface area contributed by atoms with Crippen LogP contribution in [0.3, 0.4) is 0 Å². The summed E-state index contributed by atoms with van der Waals surface area (Å²) in [4.78, 5) is 10.7. The Hall–Kier alpha value is -3.86. The van der Waals surface area contributed by atoms with Crippen molar-refractivity contribution in [3.63, 3.8) is 0 Å². The fourth-order valence-electron chi connectivity index (χ4n) is 3.64. The standard InChI is InChI=1S/C21H20F2N8O/c22-15-7-13(12-1-2-19(26-10-12)31-5-3-25-4-6-31)8-16(23)14(15)11-32-17-9-18(24)27-21-20(17)28-30-29-21/h1-2,7-10,25H,3-6,11H2,(H3,24,27,28,29,30). The fraction of sp³-hybridized carbons (Fsp3) is 0.238. The molecule has 1 aliphatic heterocycles. The second kappa shape index (κ2) is 8.35. The van der Waals surface area contributed by atoms with Gasteiger partial charge in [0.05, 0.1) is 5.56 Å². The lowest BCUT2D eigenvalue weighted by Gasteiger charge is -2.28. The highest BCUT2D eigenvalue weighted by Crippen LogP contribution is 2.28. The summed E-state index contributed by atoms with van der Waals surface area (Å²) in [6, 6.07) is 7.66. The molecule has 0 aliphatic carbocycles. The number of halogens is 2. The van der Waals surface area contributed by atoms with E-state index in [4.69, 9.17) is 10.5 Å². The molecular formula is C21H20F2N8O. The normalized spacial score (nSPS) is 14.1. The maximum atomic E-state index is 14.8. The largest absolute Gasteiger partial charge is 0.486 e. The minimum absolute atomic E-state index is 0.173. The highest BCUT2D eigenvalue weighted by atomic mass is 19.1. The first-order valence-corrected chi connectivity index (χ1v) is 10.1. The van der Waals surface area contributed by atoms with Crippen molar-refractivity contribution in [2.75, 3.05) is 36.8 Å². The van der Waals surface area contributed by atoms with E-state index in [2.05, 4.69) is 35.6 Å². The van der Waals surface area contributed by atoms with Gasteiger partial charge in [0.15, 0.2) is 16.9 Å². The summed E-state index contributed by atoms with van der Waals surface area (Å²) in [6.45, 7) is 3.20. The van der Waals surface area contributed by atoms with E-state index in [0.29, 0.717) is 22.3 Å². The Bertz CT molecular complexity index is 1230. The van der Waals surface area contributed by atoms with Crippen LogP contribution in [0.5, 0.6) is 5.75 Å². The molecule has 1 saturated heterocycles. The number of ether oxygens (including phenoxy) is 1. The van der Waals surface area contributed by atoms with Gasteiger partial charge in [-0.15, -0.1) is 5.10 Å². The highest BCUT2D eigenvalue weighted by Gasteiger charge is 2.16. The molecule has 4 heterocycles. The van der Waals surface area contributed by atoms with Gasteiger partial charge in [-0.05, 0) is 29.8 Å². The lowest BCUT2D eigenvalue weighted by Crippen LogP contribution is -2.43. The number of hydrogen-bond donors (Lipinski definition) is 3. The van der Waals surface area contributed by atoms with Crippen molar-refractivity contribution in [2.24, 2.45) is 0 Å². The number of nitrogens with one attached hydrogen (secondary N) is 2. The van der Waals surface area contributed by atoms with E-state index >= 15 is 0 Å². The Morgan fingerprint density at radius 1 is 1.06 bits per heavy atom. The van der Waals surface area contributed by atoms with Crippen molar-refractivity contribution < 1.29 is 13.5 Å². The fourth-order valence-corrected chi connectivity index (χ4v) is 3.64. The number of pyridine rings is 2. The molecule has 9 nitrogen and oxygen atoms in total. The molecule has 0 amide bonds. The third kappa shape index (κ3) is 3.89. The average Bonchev–Trinajstić information content (AvgIpc) is 3.27. The second-order valence-electron chi connectivity index (χ2n) is 7.40. The van der Waals surface area contributed by atoms with Crippen molar-refractivity contribution in [3.8, 4) is 16.9 Å². The molecule has 0 saturated carbocycles. The number of benzene rings is 1. The third-order valence-corrected chi connectivity index (χ3v) is 5.32. The Balaban J connectivity index is 1.35. The van der Waals surface area contributed by atoms with Crippen molar-refractivity contribution in [3.05, 3.63) is 53.7 Å². The molecular weight excluding hydrogens is 418 g/mol. The molecule has 4 N–H and O–H groups in total. The maximum absolute atomic E-state index is 14.8. The third-order valence-electron chi connectivity index (χ3n) is 5.32. The minimum Gasteiger partial charge on any atom is -0.486 e. The Morgan fingerprint density at radius 3 is 2.56 bits per heavy atom. The minimum atomic E-state index is -0.718. The average molecular weight is 438 g/mol. The van der Waals surface area contributed by atoms with Crippen molar-refractivity contribution in [2.45, 2.75) is 6.61 Å². The predicted octanol–water partition coefficient (Wildman–Crippen LogP) is 2.26. The maximum Gasteiger partial charge on any atom is 0.181 e. The van der Waals surface area contributed by atoms with Crippen LogP contribution in [-0.2, 0) is 6.61 Å². The summed E-state index contributed by atoms with van der Waals surface area (Å²) in [5, 5.41) is 13.4. The van der Waals surface area contributed by atoms with Gasteiger partial charge >= 0.3 is 0 Å². The number of rotatable bonds is 5. The monoisotopic (exact) mass is 438 g/mol. The molecule has 32 heavy (non-hydrogen) atoms. The second-order valence-corrected chi connectivity index (χ2v) is 7.40.